The van der Waals surface area contributed by atoms with Crippen LogP contribution in [0.2, 0.25) is 0 Å². The second-order valence-electron chi connectivity index (χ2n) is 8.66. The standard InChI is InChI=1S/C27H29N5O5/c1-4-21(31(15-14-22(28)33)26(34)19-10-12-20(36-3)13-11-19)24-29-25-23(17(2)30-37-25)27(35)32(24)16-18-8-6-5-7-9-18/h5-13,21H,4,14-16H2,1-3H3,(H2,28,33). The van der Waals surface area contributed by atoms with E-state index in [0.29, 0.717) is 34.6 Å². The highest BCUT2D eigenvalue weighted by Gasteiger charge is 2.30. The first-order valence-corrected chi connectivity index (χ1v) is 12.0. The summed E-state index contributed by atoms with van der Waals surface area (Å²) >= 11 is 0. The number of amides is 2. The number of methoxy groups -OCH3 is 1. The van der Waals surface area contributed by atoms with Gasteiger partial charge in [0.25, 0.3) is 17.2 Å². The summed E-state index contributed by atoms with van der Waals surface area (Å²) in [4.78, 5) is 45.3. The normalized spacial score (nSPS) is 11.9. The van der Waals surface area contributed by atoms with Crippen LogP contribution in [-0.4, -0.2) is 45.1 Å². The monoisotopic (exact) mass is 503 g/mol. The van der Waals surface area contributed by atoms with Crippen LogP contribution in [0, 0.1) is 6.92 Å². The number of primary amides is 1. The zero-order valence-electron chi connectivity index (χ0n) is 21.0. The van der Waals surface area contributed by atoms with Gasteiger partial charge in [-0.2, -0.15) is 4.98 Å². The lowest BCUT2D eigenvalue weighted by atomic mass is 10.1. The minimum Gasteiger partial charge on any atom is -0.497 e. The molecule has 0 aliphatic carbocycles. The SMILES string of the molecule is CCC(c1nc2onc(C)c2c(=O)n1Cc1ccccc1)N(CCC(N)=O)C(=O)c1ccc(OC)cc1. The van der Waals surface area contributed by atoms with Gasteiger partial charge >= 0.3 is 0 Å². The van der Waals surface area contributed by atoms with Crippen LogP contribution in [0.4, 0.5) is 0 Å². The van der Waals surface area contributed by atoms with Crippen LogP contribution in [0.15, 0.2) is 63.9 Å². The Morgan fingerprint density at radius 3 is 2.46 bits per heavy atom. The predicted octanol–water partition coefficient (Wildman–Crippen LogP) is 3.22. The maximum Gasteiger partial charge on any atom is 0.267 e. The number of ether oxygens (including phenoxy) is 1. The van der Waals surface area contributed by atoms with Crippen molar-refractivity contribution in [1.29, 1.82) is 0 Å². The highest BCUT2D eigenvalue weighted by atomic mass is 16.5. The molecule has 2 aromatic heterocycles. The molecule has 0 saturated heterocycles. The van der Waals surface area contributed by atoms with Crippen LogP contribution in [0.1, 0.15) is 53.2 Å². The maximum atomic E-state index is 13.7. The molecular formula is C27H29N5O5. The number of nitrogens with two attached hydrogens (primary N) is 1. The third-order valence-electron chi connectivity index (χ3n) is 6.24. The number of fused-ring (bicyclic) bond motifs is 1. The van der Waals surface area contributed by atoms with E-state index >= 15 is 0 Å². The Bertz CT molecular complexity index is 1460. The molecule has 2 heterocycles. The van der Waals surface area contributed by atoms with E-state index in [4.69, 9.17) is 15.0 Å². The van der Waals surface area contributed by atoms with E-state index < -0.39 is 11.9 Å². The number of rotatable bonds is 10. The topological polar surface area (TPSA) is 134 Å². The number of benzene rings is 2. The van der Waals surface area contributed by atoms with Gasteiger partial charge in [0.2, 0.25) is 5.91 Å². The second-order valence-corrected chi connectivity index (χ2v) is 8.66. The van der Waals surface area contributed by atoms with Crippen LogP contribution in [0.25, 0.3) is 11.1 Å². The van der Waals surface area contributed by atoms with Crippen LogP contribution in [0.3, 0.4) is 0 Å². The molecule has 10 heteroatoms. The number of aryl methyl sites for hydroxylation is 1. The molecule has 0 aliphatic heterocycles. The predicted molar refractivity (Wildman–Crippen MR) is 137 cm³/mol. The smallest absolute Gasteiger partial charge is 0.267 e. The Morgan fingerprint density at radius 1 is 1.14 bits per heavy atom. The Morgan fingerprint density at radius 2 is 1.84 bits per heavy atom. The fourth-order valence-electron chi connectivity index (χ4n) is 4.33. The van der Waals surface area contributed by atoms with Gasteiger partial charge in [0.05, 0.1) is 25.4 Å². The highest BCUT2D eigenvalue weighted by molar-refractivity contribution is 5.95. The minimum atomic E-state index is -0.653. The van der Waals surface area contributed by atoms with E-state index in [1.165, 1.54) is 4.90 Å². The Labute approximate surface area is 213 Å². The summed E-state index contributed by atoms with van der Waals surface area (Å²) in [6.45, 7) is 3.86. The molecule has 0 bridgehead atoms. The maximum absolute atomic E-state index is 13.7. The molecule has 0 radical (unpaired) electrons. The third-order valence-corrected chi connectivity index (χ3v) is 6.24. The van der Waals surface area contributed by atoms with Gasteiger partial charge in [-0.15, -0.1) is 0 Å². The van der Waals surface area contributed by atoms with Crippen molar-refractivity contribution in [3.63, 3.8) is 0 Å². The molecule has 1 unspecified atom stereocenters. The Balaban J connectivity index is 1.86. The van der Waals surface area contributed by atoms with Crippen LogP contribution in [0.5, 0.6) is 5.75 Å². The summed E-state index contributed by atoms with van der Waals surface area (Å²) in [6, 6.07) is 15.5. The molecule has 192 valence electrons. The average molecular weight is 504 g/mol. The lowest BCUT2D eigenvalue weighted by molar-refractivity contribution is -0.118. The van der Waals surface area contributed by atoms with E-state index in [1.54, 1.807) is 42.9 Å². The largest absolute Gasteiger partial charge is 0.497 e. The summed E-state index contributed by atoms with van der Waals surface area (Å²) < 4.78 is 12.1. The van der Waals surface area contributed by atoms with Crippen molar-refractivity contribution in [2.45, 2.75) is 39.3 Å². The van der Waals surface area contributed by atoms with E-state index in [9.17, 15) is 14.4 Å². The lowest BCUT2D eigenvalue weighted by Crippen LogP contribution is -2.40. The van der Waals surface area contributed by atoms with E-state index in [0.717, 1.165) is 5.56 Å². The molecule has 4 rings (SSSR count). The average Bonchev–Trinajstić information content (AvgIpc) is 3.28. The fourth-order valence-corrected chi connectivity index (χ4v) is 4.33. The van der Waals surface area contributed by atoms with Gasteiger partial charge in [0.1, 0.15) is 17.0 Å². The van der Waals surface area contributed by atoms with Crippen molar-refractivity contribution in [1.82, 2.24) is 19.6 Å². The first kappa shape index (κ1) is 25.6. The first-order chi connectivity index (χ1) is 17.8. The first-order valence-electron chi connectivity index (χ1n) is 12.0. The van der Waals surface area contributed by atoms with Gasteiger partial charge in [-0.05, 0) is 43.2 Å². The molecule has 10 nitrogen and oxygen atoms in total. The second kappa shape index (κ2) is 11.1. The molecule has 2 aromatic carbocycles. The molecule has 0 aliphatic rings. The van der Waals surface area contributed by atoms with E-state index in [1.807, 2.05) is 37.3 Å². The Kier molecular flexibility index (Phi) is 7.66. The van der Waals surface area contributed by atoms with Gasteiger partial charge in [0, 0.05) is 18.5 Å². The van der Waals surface area contributed by atoms with Crippen molar-refractivity contribution in [2.75, 3.05) is 13.7 Å². The number of nitrogens with zero attached hydrogens (tertiary/aromatic N) is 4. The number of hydrogen-bond donors (Lipinski definition) is 1. The number of carbonyl (C=O) groups excluding carboxylic acids is 2. The van der Waals surface area contributed by atoms with Gasteiger partial charge in [-0.1, -0.05) is 42.4 Å². The molecule has 0 spiro atoms. The van der Waals surface area contributed by atoms with Gasteiger partial charge in [-0.3, -0.25) is 19.0 Å². The molecular weight excluding hydrogens is 474 g/mol. The summed E-state index contributed by atoms with van der Waals surface area (Å²) in [7, 11) is 1.54. The van der Waals surface area contributed by atoms with Crippen molar-refractivity contribution in [2.24, 2.45) is 5.73 Å². The van der Waals surface area contributed by atoms with Crippen molar-refractivity contribution < 1.29 is 18.8 Å². The molecule has 4 aromatic rings. The van der Waals surface area contributed by atoms with E-state index in [2.05, 4.69) is 10.1 Å². The molecule has 2 N–H and O–H groups in total. The van der Waals surface area contributed by atoms with Gasteiger partial charge < -0.3 is 19.9 Å². The third kappa shape index (κ3) is 5.37. The molecule has 0 saturated carbocycles. The molecule has 0 fully saturated rings. The van der Waals surface area contributed by atoms with Crippen molar-refractivity contribution >= 4 is 22.9 Å². The fraction of sp³-hybridized carbons (Fsp3) is 0.296. The summed E-state index contributed by atoms with van der Waals surface area (Å²) in [5, 5.41) is 4.22. The van der Waals surface area contributed by atoms with Gasteiger partial charge in [0.15, 0.2) is 0 Å². The van der Waals surface area contributed by atoms with Crippen LogP contribution >= 0.6 is 0 Å². The number of carbonyl (C=O) groups is 2. The minimum absolute atomic E-state index is 0.0490. The highest BCUT2D eigenvalue weighted by Crippen LogP contribution is 2.27. The molecule has 1 atom stereocenters. The summed E-state index contributed by atoms with van der Waals surface area (Å²) in [5.74, 6) is 0.0755. The van der Waals surface area contributed by atoms with Crippen LogP contribution in [-0.2, 0) is 11.3 Å². The summed E-state index contributed by atoms with van der Waals surface area (Å²) in [6.07, 6.45) is 0.367. The quantitative estimate of drug-likeness (QED) is 0.351. The molecule has 37 heavy (non-hydrogen) atoms. The van der Waals surface area contributed by atoms with Crippen molar-refractivity contribution in [3.05, 3.63) is 87.6 Å². The van der Waals surface area contributed by atoms with E-state index in [-0.39, 0.29) is 36.7 Å². The summed E-state index contributed by atoms with van der Waals surface area (Å²) in [5.41, 5.74) is 6.96. The zero-order chi connectivity index (χ0) is 26.5. The number of hydrogen-bond acceptors (Lipinski definition) is 7. The number of aromatic nitrogens is 3. The van der Waals surface area contributed by atoms with Crippen molar-refractivity contribution in [3.8, 4) is 5.75 Å². The zero-order valence-corrected chi connectivity index (χ0v) is 21.0. The van der Waals surface area contributed by atoms with Gasteiger partial charge in [-0.25, -0.2) is 0 Å². The lowest BCUT2D eigenvalue weighted by Gasteiger charge is -2.32. The molecule has 2 amide bonds. The Hall–Kier alpha value is -4.47. The van der Waals surface area contributed by atoms with Crippen LogP contribution < -0.4 is 16.0 Å².